The topological polar surface area (TPSA) is 37.0 Å². The number of aromatic nitrogens is 1. The van der Waals surface area contributed by atoms with Crippen molar-refractivity contribution in [1.29, 1.82) is 0 Å². The normalized spacial score (nSPS) is 10.9. The monoisotopic (exact) mass is 392 g/mol. The van der Waals surface area contributed by atoms with Crippen molar-refractivity contribution in [3.63, 3.8) is 0 Å². The van der Waals surface area contributed by atoms with Crippen LogP contribution in [-0.4, -0.2) is 11.5 Å². The highest BCUT2D eigenvalue weighted by atomic mass is 127. The quantitative estimate of drug-likeness (QED) is 0.487. The van der Waals surface area contributed by atoms with E-state index in [1.165, 1.54) is 16.5 Å². The second kappa shape index (κ2) is 6.95. The van der Waals surface area contributed by atoms with E-state index in [1.54, 1.807) is 0 Å². The van der Waals surface area contributed by atoms with E-state index >= 15 is 0 Å². The number of halogens is 1. The standard InChI is InChI=1S/C17H17IN2O/c18-20-10-9-14-11-19-17-15(14)7-4-8-16(17)21-12-13-5-2-1-3-6-13/h1-8,11,19-20H,9-10,12H2. The zero-order chi connectivity index (χ0) is 14.5. The summed E-state index contributed by atoms with van der Waals surface area (Å²) in [5.74, 6) is 0.907. The lowest BCUT2D eigenvalue weighted by atomic mass is 10.1. The Balaban J connectivity index is 1.81. The molecule has 3 nitrogen and oxygen atoms in total. The summed E-state index contributed by atoms with van der Waals surface area (Å²) in [6.45, 7) is 1.55. The summed E-state index contributed by atoms with van der Waals surface area (Å²) in [5.41, 5.74) is 3.58. The van der Waals surface area contributed by atoms with E-state index in [4.69, 9.17) is 4.74 Å². The van der Waals surface area contributed by atoms with E-state index in [9.17, 15) is 0 Å². The molecule has 0 aliphatic heterocycles. The van der Waals surface area contributed by atoms with Gasteiger partial charge in [0.15, 0.2) is 0 Å². The first-order chi connectivity index (χ1) is 10.4. The second-order valence-corrected chi connectivity index (χ2v) is 5.66. The zero-order valence-corrected chi connectivity index (χ0v) is 13.8. The highest BCUT2D eigenvalue weighted by Crippen LogP contribution is 2.28. The predicted octanol–water partition coefficient (Wildman–Crippen LogP) is 4.23. The molecule has 0 bridgehead atoms. The molecule has 1 heterocycles. The first-order valence-electron chi connectivity index (χ1n) is 6.97. The molecule has 0 saturated heterocycles. The van der Waals surface area contributed by atoms with Crippen LogP contribution in [0.1, 0.15) is 11.1 Å². The minimum atomic E-state index is 0.587. The molecule has 0 fully saturated rings. The number of aromatic amines is 1. The van der Waals surface area contributed by atoms with Crippen LogP contribution in [0.3, 0.4) is 0 Å². The van der Waals surface area contributed by atoms with Gasteiger partial charge in [-0.25, -0.2) is 0 Å². The highest BCUT2D eigenvalue weighted by Gasteiger charge is 2.08. The van der Waals surface area contributed by atoms with E-state index in [1.807, 2.05) is 24.3 Å². The SMILES string of the molecule is INCCc1c[nH]c2c(OCc3ccccc3)cccc12. The Morgan fingerprint density at radius 3 is 2.71 bits per heavy atom. The van der Waals surface area contributed by atoms with Crippen LogP contribution in [0.25, 0.3) is 10.9 Å². The molecule has 3 aromatic rings. The van der Waals surface area contributed by atoms with Gasteiger partial charge in [-0.15, -0.1) is 0 Å². The molecule has 2 aromatic carbocycles. The molecule has 0 spiro atoms. The highest BCUT2D eigenvalue weighted by molar-refractivity contribution is 14.1. The molecule has 21 heavy (non-hydrogen) atoms. The van der Waals surface area contributed by atoms with E-state index in [-0.39, 0.29) is 0 Å². The Morgan fingerprint density at radius 2 is 1.90 bits per heavy atom. The van der Waals surface area contributed by atoms with Gasteiger partial charge < -0.3 is 9.72 Å². The molecule has 0 amide bonds. The lowest BCUT2D eigenvalue weighted by Gasteiger charge is -2.07. The van der Waals surface area contributed by atoms with Crippen molar-refractivity contribution in [1.82, 2.24) is 8.51 Å². The average molecular weight is 392 g/mol. The van der Waals surface area contributed by atoms with E-state index in [2.05, 4.69) is 61.8 Å². The summed E-state index contributed by atoms with van der Waals surface area (Å²) >= 11 is 2.18. The van der Waals surface area contributed by atoms with E-state index < -0.39 is 0 Å². The molecule has 0 aliphatic rings. The Bertz CT molecular complexity index is 709. The number of hydrogen-bond acceptors (Lipinski definition) is 2. The third-order valence-electron chi connectivity index (χ3n) is 3.49. The predicted molar refractivity (Wildman–Crippen MR) is 94.8 cm³/mol. The van der Waals surface area contributed by atoms with Crippen molar-refractivity contribution in [3.05, 3.63) is 65.9 Å². The molecule has 0 aliphatic carbocycles. The first kappa shape index (κ1) is 14.4. The van der Waals surface area contributed by atoms with Crippen LogP contribution in [0.15, 0.2) is 54.7 Å². The number of rotatable bonds is 6. The Hall–Kier alpha value is -1.53. The van der Waals surface area contributed by atoms with Gasteiger partial charge in [-0.05, 0) is 23.6 Å². The number of hydrogen-bond donors (Lipinski definition) is 2. The van der Waals surface area contributed by atoms with Gasteiger partial charge in [0.25, 0.3) is 0 Å². The van der Waals surface area contributed by atoms with Gasteiger partial charge in [0.2, 0.25) is 0 Å². The number of fused-ring (bicyclic) bond motifs is 1. The summed E-state index contributed by atoms with van der Waals surface area (Å²) in [5, 5.41) is 1.24. The molecule has 2 N–H and O–H groups in total. The summed E-state index contributed by atoms with van der Waals surface area (Å²) in [6.07, 6.45) is 3.08. The summed E-state index contributed by atoms with van der Waals surface area (Å²) in [7, 11) is 0. The molecular weight excluding hydrogens is 375 g/mol. The van der Waals surface area contributed by atoms with Gasteiger partial charge in [0.1, 0.15) is 12.4 Å². The minimum Gasteiger partial charge on any atom is -0.487 e. The maximum Gasteiger partial charge on any atom is 0.143 e. The van der Waals surface area contributed by atoms with Crippen molar-refractivity contribution in [2.24, 2.45) is 0 Å². The largest absolute Gasteiger partial charge is 0.487 e. The van der Waals surface area contributed by atoms with Crippen LogP contribution in [0.4, 0.5) is 0 Å². The van der Waals surface area contributed by atoms with Crippen molar-refractivity contribution in [2.75, 3.05) is 6.54 Å². The third-order valence-corrected chi connectivity index (χ3v) is 4.03. The number of nitrogens with one attached hydrogen (secondary N) is 2. The first-order valence-corrected chi connectivity index (χ1v) is 8.05. The van der Waals surface area contributed by atoms with Crippen molar-refractivity contribution >= 4 is 33.8 Å². The lowest BCUT2D eigenvalue weighted by Crippen LogP contribution is -2.02. The molecule has 0 unspecified atom stereocenters. The van der Waals surface area contributed by atoms with Crippen LogP contribution >= 0.6 is 22.9 Å². The molecular formula is C17H17IN2O. The van der Waals surface area contributed by atoms with Gasteiger partial charge in [0, 0.05) is 41.0 Å². The van der Waals surface area contributed by atoms with Crippen LogP contribution in [-0.2, 0) is 13.0 Å². The Kier molecular flexibility index (Phi) is 4.77. The molecule has 0 radical (unpaired) electrons. The van der Waals surface area contributed by atoms with Crippen molar-refractivity contribution in [2.45, 2.75) is 13.0 Å². The number of para-hydroxylation sites is 1. The van der Waals surface area contributed by atoms with Crippen LogP contribution in [0.2, 0.25) is 0 Å². The van der Waals surface area contributed by atoms with Crippen LogP contribution in [0.5, 0.6) is 5.75 Å². The average Bonchev–Trinajstić information content (AvgIpc) is 2.95. The van der Waals surface area contributed by atoms with Gasteiger partial charge in [-0.2, -0.15) is 0 Å². The zero-order valence-electron chi connectivity index (χ0n) is 11.6. The van der Waals surface area contributed by atoms with Crippen LogP contribution in [0, 0.1) is 0 Å². The number of benzene rings is 2. The number of H-pyrrole nitrogens is 1. The lowest BCUT2D eigenvalue weighted by molar-refractivity contribution is 0.309. The fourth-order valence-electron chi connectivity index (χ4n) is 2.43. The summed E-state index contributed by atoms with van der Waals surface area (Å²) in [6, 6.07) is 16.4. The molecule has 4 heteroatoms. The van der Waals surface area contributed by atoms with Gasteiger partial charge in [-0.3, -0.25) is 3.53 Å². The maximum absolute atomic E-state index is 5.97. The van der Waals surface area contributed by atoms with Crippen LogP contribution < -0.4 is 8.27 Å². The Labute approximate surface area is 138 Å². The fourth-order valence-corrected chi connectivity index (χ4v) is 2.70. The maximum atomic E-state index is 5.97. The number of ether oxygens (including phenoxy) is 1. The molecule has 3 rings (SSSR count). The van der Waals surface area contributed by atoms with Gasteiger partial charge in [-0.1, -0.05) is 42.5 Å². The molecule has 108 valence electrons. The Morgan fingerprint density at radius 1 is 1.05 bits per heavy atom. The molecule has 0 saturated carbocycles. The molecule has 1 aromatic heterocycles. The van der Waals surface area contributed by atoms with E-state index in [0.717, 1.165) is 24.2 Å². The molecule has 0 atom stereocenters. The third kappa shape index (κ3) is 3.39. The van der Waals surface area contributed by atoms with E-state index in [0.29, 0.717) is 6.61 Å². The van der Waals surface area contributed by atoms with Crippen molar-refractivity contribution in [3.8, 4) is 5.75 Å². The minimum absolute atomic E-state index is 0.587. The second-order valence-electron chi connectivity index (χ2n) is 4.90. The van der Waals surface area contributed by atoms with Crippen molar-refractivity contribution < 1.29 is 4.74 Å². The van der Waals surface area contributed by atoms with Gasteiger partial charge in [0.05, 0.1) is 5.52 Å². The smallest absolute Gasteiger partial charge is 0.143 e. The fraction of sp³-hybridized carbons (Fsp3) is 0.176. The summed E-state index contributed by atoms with van der Waals surface area (Å²) < 4.78 is 9.13. The van der Waals surface area contributed by atoms with Gasteiger partial charge >= 0.3 is 0 Å². The summed E-state index contributed by atoms with van der Waals surface area (Å²) in [4.78, 5) is 3.35.